The van der Waals surface area contributed by atoms with Gasteiger partial charge in [0.05, 0.1) is 6.04 Å². The van der Waals surface area contributed by atoms with E-state index >= 15 is 0 Å². The van der Waals surface area contributed by atoms with Crippen molar-refractivity contribution in [1.29, 1.82) is 0 Å². The first-order valence-corrected chi connectivity index (χ1v) is 5.48. The maximum atomic E-state index is 9.24. The largest absolute Gasteiger partial charge is 0.508 e. The summed E-state index contributed by atoms with van der Waals surface area (Å²) < 4.78 is 1.95. The van der Waals surface area contributed by atoms with Gasteiger partial charge in [0, 0.05) is 12.4 Å². The number of aromatic hydroxyl groups is 1. The molecule has 2 N–H and O–H groups in total. The van der Waals surface area contributed by atoms with Gasteiger partial charge in [-0.25, -0.2) is 0 Å². The maximum absolute atomic E-state index is 9.24. The van der Waals surface area contributed by atoms with Gasteiger partial charge in [0.25, 0.3) is 0 Å². The van der Waals surface area contributed by atoms with Crippen molar-refractivity contribution < 1.29 is 5.11 Å². The molecule has 0 radical (unpaired) electrons. The molecule has 1 atom stereocenters. The summed E-state index contributed by atoms with van der Waals surface area (Å²) in [6, 6.07) is 11.5. The minimum atomic E-state index is 0.257. The Morgan fingerprint density at radius 1 is 1.19 bits per heavy atom. The minimum Gasteiger partial charge on any atom is -0.508 e. The molecule has 2 aromatic rings. The Labute approximate surface area is 95.3 Å². The van der Waals surface area contributed by atoms with Gasteiger partial charge in [-0.3, -0.25) is 4.68 Å². The standard InChI is InChI=1S/C13H16N2O/c1-2-13(14-15-9-3-4-10-15)11-5-7-12(16)8-6-11/h3-10,13-14,16H,2H2,1H3. The van der Waals surface area contributed by atoms with E-state index < -0.39 is 0 Å². The smallest absolute Gasteiger partial charge is 0.115 e. The molecule has 3 heteroatoms. The molecule has 0 aliphatic carbocycles. The summed E-state index contributed by atoms with van der Waals surface area (Å²) in [4.78, 5) is 0. The number of phenols is 1. The summed E-state index contributed by atoms with van der Waals surface area (Å²) in [5.41, 5.74) is 4.55. The van der Waals surface area contributed by atoms with E-state index in [1.807, 2.05) is 41.3 Å². The SMILES string of the molecule is CCC(Nn1cccc1)c1ccc(O)cc1. The van der Waals surface area contributed by atoms with Crippen LogP contribution in [0.4, 0.5) is 0 Å². The van der Waals surface area contributed by atoms with Crippen LogP contribution in [-0.2, 0) is 0 Å². The fraction of sp³-hybridized carbons (Fsp3) is 0.231. The van der Waals surface area contributed by atoms with Crippen LogP contribution in [0.3, 0.4) is 0 Å². The van der Waals surface area contributed by atoms with Crippen LogP contribution in [0.25, 0.3) is 0 Å². The summed E-state index contributed by atoms with van der Waals surface area (Å²) in [6.07, 6.45) is 4.94. The average Bonchev–Trinajstić information content (AvgIpc) is 2.80. The molecule has 0 fully saturated rings. The lowest BCUT2D eigenvalue weighted by Crippen LogP contribution is -2.18. The number of rotatable bonds is 4. The number of nitrogens with zero attached hydrogens (tertiary/aromatic N) is 1. The zero-order valence-electron chi connectivity index (χ0n) is 9.30. The van der Waals surface area contributed by atoms with Crippen LogP contribution >= 0.6 is 0 Å². The molecule has 16 heavy (non-hydrogen) atoms. The third-order valence-electron chi connectivity index (χ3n) is 2.61. The van der Waals surface area contributed by atoms with Crippen LogP contribution in [0.2, 0.25) is 0 Å². The van der Waals surface area contributed by atoms with Crippen molar-refractivity contribution in [2.45, 2.75) is 19.4 Å². The van der Waals surface area contributed by atoms with Crippen LogP contribution in [0, 0.1) is 0 Å². The van der Waals surface area contributed by atoms with E-state index in [4.69, 9.17) is 0 Å². The Morgan fingerprint density at radius 2 is 1.81 bits per heavy atom. The van der Waals surface area contributed by atoms with Gasteiger partial charge in [0.2, 0.25) is 0 Å². The topological polar surface area (TPSA) is 37.2 Å². The summed E-state index contributed by atoms with van der Waals surface area (Å²) in [5, 5.41) is 9.24. The number of aromatic nitrogens is 1. The fourth-order valence-corrected chi connectivity index (χ4v) is 1.71. The molecular weight excluding hydrogens is 200 g/mol. The van der Waals surface area contributed by atoms with E-state index in [0.29, 0.717) is 5.75 Å². The molecule has 2 rings (SSSR count). The highest BCUT2D eigenvalue weighted by Crippen LogP contribution is 2.20. The minimum absolute atomic E-state index is 0.257. The molecule has 1 heterocycles. The average molecular weight is 216 g/mol. The lowest BCUT2D eigenvalue weighted by molar-refractivity contribution is 0.474. The van der Waals surface area contributed by atoms with Crippen molar-refractivity contribution in [3.05, 3.63) is 54.4 Å². The third kappa shape index (κ3) is 2.37. The Morgan fingerprint density at radius 3 is 2.38 bits per heavy atom. The van der Waals surface area contributed by atoms with Crippen molar-refractivity contribution in [3.63, 3.8) is 0 Å². The van der Waals surface area contributed by atoms with E-state index in [0.717, 1.165) is 6.42 Å². The second-order valence-corrected chi connectivity index (χ2v) is 3.77. The number of hydrogen-bond donors (Lipinski definition) is 2. The Bertz CT molecular complexity index is 420. The number of benzene rings is 1. The molecule has 84 valence electrons. The molecule has 3 nitrogen and oxygen atoms in total. The highest BCUT2D eigenvalue weighted by molar-refractivity contribution is 5.29. The second kappa shape index (κ2) is 4.75. The molecule has 0 spiro atoms. The molecule has 0 aliphatic heterocycles. The molecule has 0 saturated carbocycles. The third-order valence-corrected chi connectivity index (χ3v) is 2.61. The Kier molecular flexibility index (Phi) is 3.15. The van der Waals surface area contributed by atoms with Gasteiger partial charge in [-0.15, -0.1) is 0 Å². The maximum Gasteiger partial charge on any atom is 0.115 e. The van der Waals surface area contributed by atoms with Crippen LogP contribution in [0.15, 0.2) is 48.8 Å². The van der Waals surface area contributed by atoms with Crippen LogP contribution in [0.5, 0.6) is 5.75 Å². The molecular formula is C13H16N2O. The van der Waals surface area contributed by atoms with Crippen molar-refractivity contribution in [3.8, 4) is 5.75 Å². The summed E-state index contributed by atoms with van der Waals surface area (Å²) in [5.74, 6) is 0.305. The van der Waals surface area contributed by atoms with Gasteiger partial charge < -0.3 is 10.5 Å². The quantitative estimate of drug-likeness (QED) is 0.824. The first kappa shape index (κ1) is 10.6. The van der Waals surface area contributed by atoms with Crippen LogP contribution in [-0.4, -0.2) is 9.78 Å². The van der Waals surface area contributed by atoms with E-state index in [2.05, 4.69) is 12.3 Å². The van der Waals surface area contributed by atoms with Gasteiger partial charge in [-0.1, -0.05) is 19.1 Å². The Hall–Kier alpha value is -1.90. The van der Waals surface area contributed by atoms with Gasteiger partial charge in [-0.2, -0.15) is 0 Å². The Balaban J connectivity index is 2.13. The van der Waals surface area contributed by atoms with Crippen LogP contribution in [0.1, 0.15) is 24.9 Å². The molecule has 1 aromatic carbocycles. The summed E-state index contributed by atoms with van der Waals surface area (Å²) in [6.45, 7) is 2.13. The molecule has 0 bridgehead atoms. The second-order valence-electron chi connectivity index (χ2n) is 3.77. The molecule has 0 saturated heterocycles. The van der Waals surface area contributed by atoms with Gasteiger partial charge in [-0.05, 0) is 36.2 Å². The van der Waals surface area contributed by atoms with Gasteiger partial charge in [0.1, 0.15) is 5.75 Å². The summed E-state index contributed by atoms with van der Waals surface area (Å²) >= 11 is 0. The van der Waals surface area contributed by atoms with E-state index in [1.54, 1.807) is 12.1 Å². The van der Waals surface area contributed by atoms with E-state index in [-0.39, 0.29) is 6.04 Å². The normalized spacial score (nSPS) is 12.3. The highest BCUT2D eigenvalue weighted by Gasteiger charge is 2.08. The number of hydrogen-bond acceptors (Lipinski definition) is 2. The predicted molar refractivity (Wildman–Crippen MR) is 64.9 cm³/mol. The molecule has 0 amide bonds. The lowest BCUT2D eigenvalue weighted by atomic mass is 10.1. The van der Waals surface area contributed by atoms with Gasteiger partial charge in [0.15, 0.2) is 0 Å². The van der Waals surface area contributed by atoms with Crippen molar-refractivity contribution in [2.75, 3.05) is 5.43 Å². The zero-order chi connectivity index (χ0) is 11.4. The zero-order valence-corrected chi connectivity index (χ0v) is 9.30. The first-order chi connectivity index (χ1) is 7.79. The fourth-order valence-electron chi connectivity index (χ4n) is 1.71. The van der Waals surface area contributed by atoms with E-state index in [1.165, 1.54) is 5.56 Å². The molecule has 1 unspecified atom stereocenters. The summed E-state index contributed by atoms with van der Waals surface area (Å²) in [7, 11) is 0. The molecule has 0 aliphatic rings. The highest BCUT2D eigenvalue weighted by atomic mass is 16.3. The van der Waals surface area contributed by atoms with Crippen molar-refractivity contribution >= 4 is 0 Å². The van der Waals surface area contributed by atoms with Crippen molar-refractivity contribution in [1.82, 2.24) is 4.68 Å². The van der Waals surface area contributed by atoms with Crippen LogP contribution < -0.4 is 5.43 Å². The predicted octanol–water partition coefficient (Wildman–Crippen LogP) is 2.89. The monoisotopic (exact) mass is 216 g/mol. The van der Waals surface area contributed by atoms with Crippen molar-refractivity contribution in [2.24, 2.45) is 0 Å². The number of phenolic OH excluding ortho intramolecular Hbond substituents is 1. The number of nitrogens with one attached hydrogen (secondary N) is 1. The van der Waals surface area contributed by atoms with E-state index in [9.17, 15) is 5.11 Å². The first-order valence-electron chi connectivity index (χ1n) is 5.48. The lowest BCUT2D eigenvalue weighted by Gasteiger charge is -2.19. The molecule has 1 aromatic heterocycles. The van der Waals surface area contributed by atoms with Gasteiger partial charge >= 0.3 is 0 Å².